The Hall–Kier alpha value is -3.96. The first-order chi connectivity index (χ1) is 19.5. The number of aryl methyl sites for hydroxylation is 2. The van der Waals surface area contributed by atoms with Crippen LogP contribution in [-0.2, 0) is 32.7 Å². The van der Waals surface area contributed by atoms with Crippen molar-refractivity contribution in [1.29, 1.82) is 0 Å². The molecule has 0 aliphatic rings. The zero-order chi connectivity index (χ0) is 29.6. The number of furan rings is 1. The van der Waals surface area contributed by atoms with Crippen molar-refractivity contribution in [2.24, 2.45) is 5.10 Å². The zero-order valence-electron chi connectivity index (χ0n) is 22.1. The van der Waals surface area contributed by atoms with E-state index in [4.69, 9.17) is 27.6 Å². The van der Waals surface area contributed by atoms with Gasteiger partial charge in [0.25, 0.3) is 0 Å². The maximum atomic E-state index is 13.6. The number of anilines is 1. The maximum Gasteiger partial charge on any atom is 0.329 e. The van der Waals surface area contributed by atoms with Gasteiger partial charge < -0.3 is 9.73 Å². The first kappa shape index (κ1) is 30.0. The first-order valence-electron chi connectivity index (χ1n) is 12.3. The van der Waals surface area contributed by atoms with Gasteiger partial charge in [-0.15, -0.1) is 0 Å². The molecule has 0 atom stereocenters. The minimum absolute atomic E-state index is 0.00335. The van der Waals surface area contributed by atoms with Gasteiger partial charge in [-0.1, -0.05) is 64.7 Å². The van der Waals surface area contributed by atoms with Crippen LogP contribution >= 0.6 is 23.2 Å². The van der Waals surface area contributed by atoms with E-state index in [2.05, 4.69) is 15.8 Å². The van der Waals surface area contributed by atoms with E-state index < -0.39 is 21.8 Å². The van der Waals surface area contributed by atoms with Crippen LogP contribution in [0.25, 0.3) is 0 Å². The van der Waals surface area contributed by atoms with Crippen molar-refractivity contribution in [3.63, 3.8) is 0 Å². The average Bonchev–Trinajstić information content (AvgIpc) is 3.39. The van der Waals surface area contributed by atoms with E-state index >= 15 is 0 Å². The van der Waals surface area contributed by atoms with Crippen LogP contribution < -0.4 is 10.7 Å². The molecule has 2 N–H and O–H groups in total. The summed E-state index contributed by atoms with van der Waals surface area (Å²) in [5.41, 5.74) is 5.18. The molecule has 0 fully saturated rings. The van der Waals surface area contributed by atoms with Gasteiger partial charge in [-0.25, -0.2) is 13.8 Å². The SMILES string of the molecule is Cc1ccc(NC(=O)C(=O)N/N=C/c2ccc(CN(Cc3ccc(Cl)c(Cl)c3)S(=O)(=O)c3ccc(C)cc3)o2)cc1. The van der Waals surface area contributed by atoms with Crippen LogP contribution in [0.3, 0.4) is 0 Å². The van der Waals surface area contributed by atoms with Crippen molar-refractivity contribution in [2.75, 3.05) is 5.32 Å². The third kappa shape index (κ3) is 8.05. The lowest BCUT2D eigenvalue weighted by Gasteiger charge is -2.22. The smallest absolute Gasteiger partial charge is 0.329 e. The number of amides is 2. The second kappa shape index (κ2) is 13.1. The van der Waals surface area contributed by atoms with Gasteiger partial charge in [-0.3, -0.25) is 9.59 Å². The van der Waals surface area contributed by atoms with E-state index in [1.54, 1.807) is 78.9 Å². The number of hydrazone groups is 1. The molecule has 1 heterocycles. The molecule has 41 heavy (non-hydrogen) atoms. The number of carbonyl (C=O) groups excluding carboxylic acids is 2. The molecule has 0 aliphatic heterocycles. The Balaban J connectivity index is 1.46. The molecular weight excluding hydrogens is 587 g/mol. The Kier molecular flexibility index (Phi) is 9.61. The van der Waals surface area contributed by atoms with E-state index in [0.717, 1.165) is 11.1 Å². The van der Waals surface area contributed by atoms with Crippen molar-refractivity contribution in [2.45, 2.75) is 31.8 Å². The lowest BCUT2D eigenvalue weighted by molar-refractivity contribution is -0.136. The lowest BCUT2D eigenvalue weighted by atomic mass is 10.2. The van der Waals surface area contributed by atoms with Gasteiger partial charge >= 0.3 is 11.8 Å². The maximum absolute atomic E-state index is 13.6. The summed E-state index contributed by atoms with van der Waals surface area (Å²) in [6.45, 7) is 3.68. The largest absolute Gasteiger partial charge is 0.459 e. The van der Waals surface area contributed by atoms with Crippen molar-refractivity contribution >= 4 is 56.9 Å². The van der Waals surface area contributed by atoms with Crippen molar-refractivity contribution in [1.82, 2.24) is 9.73 Å². The van der Waals surface area contributed by atoms with E-state index in [0.29, 0.717) is 27.1 Å². The molecule has 0 unspecified atom stereocenters. The van der Waals surface area contributed by atoms with Crippen LogP contribution in [-0.4, -0.2) is 30.8 Å². The lowest BCUT2D eigenvalue weighted by Crippen LogP contribution is -2.32. The van der Waals surface area contributed by atoms with Gasteiger partial charge in [0.05, 0.1) is 27.7 Å². The Morgan fingerprint density at radius 3 is 2.17 bits per heavy atom. The van der Waals surface area contributed by atoms with E-state index in [9.17, 15) is 18.0 Å². The predicted molar refractivity (Wildman–Crippen MR) is 158 cm³/mol. The van der Waals surface area contributed by atoms with Gasteiger partial charge in [0.15, 0.2) is 0 Å². The molecule has 4 aromatic rings. The van der Waals surface area contributed by atoms with Gasteiger partial charge in [-0.05, 0) is 67.9 Å². The molecule has 212 valence electrons. The topological polar surface area (TPSA) is 121 Å². The molecule has 12 heteroatoms. The third-order valence-electron chi connectivity index (χ3n) is 5.89. The normalized spacial score (nSPS) is 11.6. The highest BCUT2D eigenvalue weighted by Gasteiger charge is 2.26. The minimum atomic E-state index is -3.93. The number of rotatable bonds is 9. The molecular formula is C29H26Cl2N4O5S. The molecule has 1 aromatic heterocycles. The van der Waals surface area contributed by atoms with Crippen LogP contribution in [0.4, 0.5) is 5.69 Å². The molecule has 0 bridgehead atoms. The van der Waals surface area contributed by atoms with E-state index in [1.165, 1.54) is 10.5 Å². The molecule has 3 aromatic carbocycles. The average molecular weight is 614 g/mol. The fraction of sp³-hybridized carbons (Fsp3) is 0.138. The number of halogens is 2. The summed E-state index contributed by atoms with van der Waals surface area (Å²) in [5.74, 6) is -1.29. The second-order valence-electron chi connectivity index (χ2n) is 9.16. The van der Waals surface area contributed by atoms with Crippen LogP contribution in [0.5, 0.6) is 0 Å². The van der Waals surface area contributed by atoms with Gasteiger partial charge in [-0.2, -0.15) is 9.41 Å². The Morgan fingerprint density at radius 2 is 1.51 bits per heavy atom. The molecule has 0 saturated carbocycles. The summed E-state index contributed by atoms with van der Waals surface area (Å²) in [6.07, 6.45) is 1.21. The van der Waals surface area contributed by atoms with Crippen molar-refractivity contribution < 1.29 is 22.4 Å². The highest BCUT2D eigenvalue weighted by atomic mass is 35.5. The second-order valence-corrected chi connectivity index (χ2v) is 11.9. The molecule has 0 saturated heterocycles. The monoisotopic (exact) mass is 612 g/mol. The van der Waals surface area contributed by atoms with Crippen molar-refractivity contribution in [3.05, 3.63) is 117 Å². The minimum Gasteiger partial charge on any atom is -0.459 e. The van der Waals surface area contributed by atoms with E-state index in [1.807, 2.05) is 13.8 Å². The number of hydrogen-bond donors (Lipinski definition) is 2. The number of nitrogens with one attached hydrogen (secondary N) is 2. The van der Waals surface area contributed by atoms with Crippen molar-refractivity contribution in [3.8, 4) is 0 Å². The number of carbonyl (C=O) groups is 2. The summed E-state index contributed by atoms with van der Waals surface area (Å²) < 4.78 is 34.2. The standard InChI is InChI=1S/C29H26Cl2N4O5S/c1-19-3-8-22(9-4-19)33-28(36)29(37)34-32-16-23-10-11-24(40-23)18-35(17-21-7-14-26(30)27(31)15-21)41(38,39)25-12-5-20(2)6-13-25/h3-16H,17-18H2,1-2H3,(H,33,36)(H,34,37)/b32-16+. The summed E-state index contributed by atoms with van der Waals surface area (Å²) in [5, 5.41) is 6.90. The van der Waals surface area contributed by atoms with Crippen LogP contribution in [0.15, 0.2) is 93.3 Å². The fourth-order valence-corrected chi connectivity index (χ4v) is 5.39. The molecule has 4 rings (SSSR count). The van der Waals surface area contributed by atoms with Gasteiger partial charge in [0.2, 0.25) is 10.0 Å². The highest BCUT2D eigenvalue weighted by Crippen LogP contribution is 2.26. The third-order valence-corrected chi connectivity index (χ3v) is 8.43. The summed E-state index contributed by atoms with van der Waals surface area (Å²) >= 11 is 12.2. The van der Waals surface area contributed by atoms with Crippen LogP contribution in [0.2, 0.25) is 10.0 Å². The van der Waals surface area contributed by atoms with Gasteiger partial charge in [0.1, 0.15) is 11.5 Å². The Bertz CT molecular complexity index is 1690. The molecule has 0 aliphatic carbocycles. The first-order valence-corrected chi connectivity index (χ1v) is 14.5. The molecule has 0 spiro atoms. The Morgan fingerprint density at radius 1 is 0.854 bits per heavy atom. The molecule has 9 nitrogen and oxygen atoms in total. The van der Waals surface area contributed by atoms with Crippen LogP contribution in [0, 0.1) is 13.8 Å². The van der Waals surface area contributed by atoms with E-state index in [-0.39, 0.29) is 23.7 Å². The zero-order valence-corrected chi connectivity index (χ0v) is 24.4. The summed E-state index contributed by atoms with van der Waals surface area (Å²) in [6, 6.07) is 21.6. The predicted octanol–water partition coefficient (Wildman–Crippen LogP) is 5.68. The molecule has 2 amide bonds. The Labute approximate surface area is 247 Å². The molecule has 0 radical (unpaired) electrons. The summed E-state index contributed by atoms with van der Waals surface area (Å²) in [7, 11) is -3.93. The highest BCUT2D eigenvalue weighted by molar-refractivity contribution is 7.89. The van der Waals surface area contributed by atoms with Gasteiger partial charge in [0, 0.05) is 12.2 Å². The number of nitrogens with zero attached hydrogens (tertiary/aromatic N) is 2. The number of benzene rings is 3. The summed E-state index contributed by atoms with van der Waals surface area (Å²) in [4.78, 5) is 24.3. The fourth-order valence-electron chi connectivity index (χ4n) is 3.68. The number of sulfonamides is 1. The quantitative estimate of drug-likeness (QED) is 0.143. The van der Waals surface area contributed by atoms with Crippen LogP contribution in [0.1, 0.15) is 28.2 Å². The number of hydrogen-bond acceptors (Lipinski definition) is 6.